The summed E-state index contributed by atoms with van der Waals surface area (Å²) in [7, 11) is -4.28. The van der Waals surface area contributed by atoms with Crippen LogP contribution in [0.2, 0.25) is 0 Å². The number of carbonyl (C=O) groups is 2. The highest BCUT2D eigenvalue weighted by Crippen LogP contribution is 2.53. The van der Waals surface area contributed by atoms with Gasteiger partial charge in [-0.25, -0.2) is 0 Å². The van der Waals surface area contributed by atoms with E-state index in [0.29, 0.717) is 33.0 Å². The van der Waals surface area contributed by atoms with Crippen molar-refractivity contribution < 1.29 is 14.2 Å². The van der Waals surface area contributed by atoms with Crippen LogP contribution in [0.15, 0.2) is 97.1 Å². The normalized spacial score (nSPS) is 11.6. The van der Waals surface area contributed by atoms with Crippen molar-refractivity contribution in [1.29, 1.82) is 0 Å². The molecule has 0 heterocycles. The fourth-order valence-corrected chi connectivity index (χ4v) is 7.58. The molecule has 0 saturated carbocycles. The lowest BCUT2D eigenvalue weighted by atomic mass is 10.0. The highest BCUT2D eigenvalue weighted by molar-refractivity contribution is 8.01. The number of carbonyl (C=O) groups excluding carboxylic acids is 2. The van der Waals surface area contributed by atoms with E-state index in [1.807, 2.05) is 98.8 Å². The summed E-state index contributed by atoms with van der Waals surface area (Å²) in [5.41, 5.74) is 1.98. The molecule has 5 rings (SSSR count). The molecule has 0 aliphatic carbocycles. The number of hydrogen-bond acceptors (Lipinski definition) is 3. The minimum Gasteiger partial charge on any atom is -0.302 e. The molecule has 0 unspecified atom stereocenters. The van der Waals surface area contributed by atoms with Crippen molar-refractivity contribution in [2.24, 2.45) is 0 Å². The van der Waals surface area contributed by atoms with Gasteiger partial charge < -0.3 is 4.57 Å². The molecule has 3 nitrogen and oxygen atoms in total. The molecule has 0 saturated heterocycles. The van der Waals surface area contributed by atoms with Crippen LogP contribution >= 0.6 is 7.14 Å². The van der Waals surface area contributed by atoms with E-state index in [2.05, 4.69) is 6.92 Å². The summed E-state index contributed by atoms with van der Waals surface area (Å²) in [6, 6.07) is 29.9. The highest BCUT2D eigenvalue weighted by atomic mass is 31.2. The van der Waals surface area contributed by atoms with E-state index in [1.165, 1.54) is 0 Å². The third-order valence-corrected chi connectivity index (χ3v) is 9.73. The number of hydrogen-bond donors (Lipinski definition) is 0. The molecule has 0 aliphatic heterocycles. The van der Waals surface area contributed by atoms with Crippen molar-refractivity contribution >= 4 is 45.0 Å². The minimum absolute atomic E-state index is 0.280. The second-order valence-corrected chi connectivity index (χ2v) is 12.1. The molecule has 0 radical (unpaired) electrons. The van der Waals surface area contributed by atoms with E-state index < -0.39 is 18.2 Å². The predicted octanol–water partition coefficient (Wildman–Crippen LogP) is 8.23. The van der Waals surface area contributed by atoms with Crippen molar-refractivity contribution in [3.63, 3.8) is 0 Å². The van der Waals surface area contributed by atoms with Gasteiger partial charge in [0, 0.05) is 16.4 Å². The summed E-state index contributed by atoms with van der Waals surface area (Å²) >= 11 is 0. The molecular formula is C33H29O3P. The van der Waals surface area contributed by atoms with Crippen LogP contribution in [0.5, 0.6) is 0 Å². The van der Waals surface area contributed by atoms with Crippen molar-refractivity contribution in [1.82, 2.24) is 0 Å². The third-order valence-electron chi connectivity index (χ3n) is 7.11. The molecule has 0 amide bonds. The van der Waals surface area contributed by atoms with Gasteiger partial charge in [0.05, 0.1) is 0 Å². The van der Waals surface area contributed by atoms with Gasteiger partial charge in [-0.15, -0.1) is 0 Å². The van der Waals surface area contributed by atoms with Crippen LogP contribution in [-0.4, -0.2) is 11.0 Å². The molecule has 5 aromatic carbocycles. The van der Waals surface area contributed by atoms with Crippen molar-refractivity contribution in [3.8, 4) is 0 Å². The van der Waals surface area contributed by atoms with Crippen LogP contribution in [0.3, 0.4) is 0 Å². The summed E-state index contributed by atoms with van der Waals surface area (Å²) in [5.74, 6) is 0. The Labute approximate surface area is 217 Å². The van der Waals surface area contributed by atoms with Crippen LogP contribution in [0.1, 0.15) is 50.8 Å². The summed E-state index contributed by atoms with van der Waals surface area (Å²) in [6.07, 6.45) is 1.84. The molecule has 5 aromatic rings. The Kier molecular flexibility index (Phi) is 6.67. The van der Waals surface area contributed by atoms with Crippen LogP contribution < -0.4 is 5.30 Å². The zero-order chi connectivity index (χ0) is 26.2. The molecule has 0 N–H and O–H groups in total. The molecule has 4 heteroatoms. The number of aryl methyl sites for hydroxylation is 3. The van der Waals surface area contributed by atoms with Crippen LogP contribution in [0.25, 0.3) is 21.5 Å². The number of benzene rings is 5. The smallest absolute Gasteiger partial charge is 0.248 e. The van der Waals surface area contributed by atoms with Gasteiger partial charge in [0.2, 0.25) is 18.2 Å². The Bertz CT molecular complexity index is 1610. The topological polar surface area (TPSA) is 51.2 Å². The Balaban J connectivity index is 1.79. The van der Waals surface area contributed by atoms with E-state index in [4.69, 9.17) is 0 Å². The van der Waals surface area contributed by atoms with E-state index in [-0.39, 0.29) is 5.30 Å². The molecule has 37 heavy (non-hydrogen) atoms. The molecule has 0 aromatic heterocycles. The van der Waals surface area contributed by atoms with E-state index in [9.17, 15) is 9.59 Å². The van der Waals surface area contributed by atoms with Crippen LogP contribution in [-0.2, 0) is 11.0 Å². The first-order chi connectivity index (χ1) is 17.9. The first-order valence-corrected chi connectivity index (χ1v) is 14.3. The Hall–Kier alpha value is -3.81. The van der Waals surface area contributed by atoms with Gasteiger partial charge in [-0.05, 0) is 58.5 Å². The van der Waals surface area contributed by atoms with E-state index >= 15 is 4.57 Å². The van der Waals surface area contributed by atoms with Gasteiger partial charge in [0.1, 0.15) is 0 Å². The van der Waals surface area contributed by atoms with Gasteiger partial charge in [-0.1, -0.05) is 110 Å². The Morgan fingerprint density at radius 3 is 1.54 bits per heavy atom. The largest absolute Gasteiger partial charge is 0.302 e. The first-order valence-electron chi connectivity index (χ1n) is 12.6. The van der Waals surface area contributed by atoms with Crippen molar-refractivity contribution in [2.45, 2.75) is 33.6 Å². The zero-order valence-corrected chi connectivity index (χ0v) is 22.2. The fraction of sp³-hybridized carbons (Fsp3) is 0.152. The van der Waals surface area contributed by atoms with Crippen LogP contribution in [0.4, 0.5) is 0 Å². The average Bonchev–Trinajstić information content (AvgIpc) is 2.92. The molecule has 0 spiro atoms. The van der Waals surface area contributed by atoms with Crippen molar-refractivity contribution in [2.75, 3.05) is 0 Å². The van der Waals surface area contributed by atoms with Gasteiger partial charge in [-0.2, -0.15) is 0 Å². The third kappa shape index (κ3) is 4.24. The fourth-order valence-electron chi connectivity index (χ4n) is 5.13. The van der Waals surface area contributed by atoms with Gasteiger partial charge >= 0.3 is 0 Å². The first kappa shape index (κ1) is 24.9. The second-order valence-electron chi connectivity index (χ2n) is 9.59. The lowest BCUT2D eigenvalue weighted by Crippen LogP contribution is -2.22. The summed E-state index contributed by atoms with van der Waals surface area (Å²) < 4.78 is 15.2. The second kappa shape index (κ2) is 9.92. The number of rotatable bonds is 7. The lowest BCUT2D eigenvalue weighted by molar-refractivity contribution is 0.104. The Morgan fingerprint density at radius 2 is 1.08 bits per heavy atom. The molecule has 0 fully saturated rings. The summed E-state index contributed by atoms with van der Waals surface area (Å²) in [6.45, 7) is 5.77. The standard InChI is InChI=1S/C33H29O3P/c1-4-9-24-16-20-27(21-17-24)37(36,32(34)30-22(2)14-18-25-10-5-7-12-28(25)30)33(35)31-23(3)15-19-26-11-6-8-13-29(26)31/h5-8,10-21H,4,9H2,1-3H3. The van der Waals surface area contributed by atoms with Crippen LogP contribution in [0, 0.1) is 13.8 Å². The highest BCUT2D eigenvalue weighted by Gasteiger charge is 2.44. The van der Waals surface area contributed by atoms with Crippen molar-refractivity contribution in [3.05, 3.63) is 125 Å². The summed E-state index contributed by atoms with van der Waals surface area (Å²) in [4.78, 5) is 29.0. The zero-order valence-electron chi connectivity index (χ0n) is 21.3. The SMILES string of the molecule is CCCc1ccc(P(=O)(C(=O)c2c(C)ccc3ccccc23)C(=O)c2c(C)ccc3ccccc23)cc1. The maximum absolute atomic E-state index is 15.2. The quantitative estimate of drug-likeness (QED) is 0.210. The lowest BCUT2D eigenvalue weighted by Gasteiger charge is -2.21. The minimum atomic E-state index is -4.28. The molecular weight excluding hydrogens is 475 g/mol. The van der Waals surface area contributed by atoms with Gasteiger partial charge in [-0.3, -0.25) is 9.59 Å². The van der Waals surface area contributed by atoms with E-state index in [0.717, 1.165) is 29.2 Å². The summed E-state index contributed by atoms with van der Waals surface area (Å²) in [5, 5.41) is 3.43. The average molecular weight is 505 g/mol. The monoisotopic (exact) mass is 504 g/mol. The van der Waals surface area contributed by atoms with E-state index in [1.54, 1.807) is 12.1 Å². The van der Waals surface area contributed by atoms with Gasteiger partial charge in [0.15, 0.2) is 0 Å². The molecule has 0 atom stereocenters. The molecule has 0 bridgehead atoms. The number of fused-ring (bicyclic) bond motifs is 2. The maximum Gasteiger partial charge on any atom is 0.248 e. The van der Waals surface area contributed by atoms with Gasteiger partial charge in [0.25, 0.3) is 0 Å². The predicted molar refractivity (Wildman–Crippen MR) is 154 cm³/mol. The maximum atomic E-state index is 15.2. The molecule has 184 valence electrons. The molecule has 0 aliphatic rings. The Morgan fingerprint density at radius 1 is 0.622 bits per heavy atom.